The molecule has 4 atom stereocenters. The van der Waals surface area contributed by atoms with Gasteiger partial charge in [0.05, 0.1) is 24.9 Å². The van der Waals surface area contributed by atoms with Crippen molar-refractivity contribution in [2.75, 3.05) is 0 Å². The number of ether oxygens (including phenoxy) is 1. The average Bonchev–Trinajstić information content (AvgIpc) is 3.00. The van der Waals surface area contributed by atoms with Gasteiger partial charge in [-0.1, -0.05) is 67.5 Å². The van der Waals surface area contributed by atoms with Gasteiger partial charge < -0.3 is 14.5 Å². The number of hydrogen-bond donors (Lipinski definition) is 2. The van der Waals surface area contributed by atoms with Crippen molar-refractivity contribution in [3.8, 4) is 0 Å². The summed E-state index contributed by atoms with van der Waals surface area (Å²) in [5.74, 6) is 0.608. The van der Waals surface area contributed by atoms with Crippen LogP contribution >= 0.6 is 7.60 Å². The Labute approximate surface area is 163 Å². The highest BCUT2D eigenvalue weighted by atomic mass is 31.2. The van der Waals surface area contributed by atoms with Gasteiger partial charge in [-0.2, -0.15) is 0 Å². The van der Waals surface area contributed by atoms with Gasteiger partial charge in [-0.05, 0) is 28.1 Å². The molecule has 1 aliphatic heterocycles. The fourth-order valence-electron chi connectivity index (χ4n) is 4.46. The van der Waals surface area contributed by atoms with E-state index in [0.29, 0.717) is 12.5 Å². The first-order valence-electron chi connectivity index (χ1n) is 9.54. The van der Waals surface area contributed by atoms with Gasteiger partial charge in [0, 0.05) is 0 Å². The van der Waals surface area contributed by atoms with Gasteiger partial charge >= 0.3 is 7.60 Å². The summed E-state index contributed by atoms with van der Waals surface area (Å²) in [5.41, 5.74) is -0.248. The van der Waals surface area contributed by atoms with E-state index in [1.54, 1.807) is 0 Å². The van der Waals surface area contributed by atoms with Gasteiger partial charge in [-0.3, -0.25) is 4.57 Å². The predicted molar refractivity (Wildman–Crippen MR) is 106 cm³/mol. The fourth-order valence-corrected chi connectivity index (χ4v) is 4.90. The smallest absolute Gasteiger partial charge is 0.372 e. The summed E-state index contributed by atoms with van der Waals surface area (Å²) >= 11 is 0. The Kier molecular flexibility index (Phi) is 5.79. The van der Waals surface area contributed by atoms with Crippen molar-refractivity contribution >= 4 is 13.0 Å². The van der Waals surface area contributed by atoms with Gasteiger partial charge in [-0.25, -0.2) is 4.68 Å². The van der Waals surface area contributed by atoms with Gasteiger partial charge in [0.2, 0.25) is 0 Å². The lowest BCUT2D eigenvalue weighted by Gasteiger charge is -2.44. The molecule has 27 heavy (non-hydrogen) atoms. The summed E-state index contributed by atoms with van der Waals surface area (Å²) in [5, 5.41) is 7.58. The zero-order chi connectivity index (χ0) is 21.0. The van der Waals surface area contributed by atoms with Crippen LogP contribution in [-0.2, 0) is 15.8 Å². The summed E-state index contributed by atoms with van der Waals surface area (Å²) in [4.78, 5) is 18.6. The first-order chi connectivity index (χ1) is 11.9. The van der Waals surface area contributed by atoms with E-state index in [4.69, 9.17) is 4.74 Å². The minimum Gasteiger partial charge on any atom is -0.372 e. The van der Waals surface area contributed by atoms with E-state index in [0.717, 1.165) is 0 Å². The molecule has 0 amide bonds. The van der Waals surface area contributed by atoms with Crippen molar-refractivity contribution in [2.45, 2.75) is 81.1 Å². The van der Waals surface area contributed by atoms with Gasteiger partial charge in [0.25, 0.3) is 0 Å². The van der Waals surface area contributed by atoms with E-state index in [1.165, 1.54) is 10.9 Å². The van der Waals surface area contributed by atoms with E-state index in [-0.39, 0.29) is 39.8 Å². The second kappa shape index (κ2) is 6.94. The highest BCUT2D eigenvalue weighted by Gasteiger charge is 2.56. The molecule has 1 aliphatic rings. The topological polar surface area (TPSA) is 97.5 Å². The Hall–Kier alpha value is -0.750. The van der Waals surface area contributed by atoms with E-state index in [1.807, 2.05) is 0 Å². The largest absolute Gasteiger partial charge is 0.377 e. The number of hydrogen-bond acceptors (Lipinski definition) is 4. The van der Waals surface area contributed by atoms with E-state index in [9.17, 15) is 14.4 Å². The van der Waals surface area contributed by atoms with Crippen LogP contribution in [-0.4, -0.2) is 37.0 Å². The Bertz CT molecular complexity index is 706. The molecule has 1 unspecified atom stereocenters. The van der Waals surface area contributed by atoms with Crippen LogP contribution < -0.4 is 5.44 Å². The summed E-state index contributed by atoms with van der Waals surface area (Å²) in [7, 11) is -4.40. The Morgan fingerprint density at radius 3 is 1.89 bits per heavy atom. The van der Waals surface area contributed by atoms with Crippen LogP contribution in [0.2, 0.25) is 0 Å². The maximum Gasteiger partial charge on any atom is 0.377 e. The second-order valence-electron chi connectivity index (χ2n) is 11.1. The minimum atomic E-state index is -4.40. The monoisotopic (exact) mass is 401 g/mol. The van der Waals surface area contributed by atoms with Crippen LogP contribution in [0.1, 0.15) is 62.3 Å². The van der Waals surface area contributed by atoms with Crippen LogP contribution in [0.15, 0.2) is 6.20 Å². The third-order valence-electron chi connectivity index (χ3n) is 5.48. The van der Waals surface area contributed by atoms with Gasteiger partial charge in [-0.15, -0.1) is 5.10 Å². The molecule has 2 heterocycles. The standard InChI is InChI=1S/C19H36N3O4P/c1-17(2,3)14-12(10-22-11-13(20-21-22)27(23,24)25)26-16(19(7,8)9)15(14)18(4,5)6/h11-12,14-16H,10H2,1-9H3,(H2,23,24,25)/t12-,14+,15?,16-/m1/s1. The zero-order valence-electron chi connectivity index (χ0n) is 18.1. The lowest BCUT2D eigenvalue weighted by Crippen LogP contribution is -2.44. The van der Waals surface area contributed by atoms with Crippen molar-refractivity contribution in [3.05, 3.63) is 6.20 Å². The van der Waals surface area contributed by atoms with E-state index < -0.39 is 7.60 Å². The Morgan fingerprint density at radius 2 is 1.52 bits per heavy atom. The second-order valence-corrected chi connectivity index (χ2v) is 12.6. The third kappa shape index (κ3) is 5.00. The number of aromatic nitrogens is 3. The van der Waals surface area contributed by atoms with Gasteiger partial charge in [0.1, 0.15) is 0 Å². The minimum absolute atomic E-state index is 0.00920. The zero-order valence-corrected chi connectivity index (χ0v) is 19.0. The van der Waals surface area contributed by atoms with Crippen molar-refractivity contribution < 1.29 is 19.1 Å². The summed E-state index contributed by atoms with van der Waals surface area (Å²) in [6.07, 6.45) is 1.31. The van der Waals surface area contributed by atoms with Crippen molar-refractivity contribution in [1.82, 2.24) is 15.0 Å². The average molecular weight is 401 g/mol. The summed E-state index contributed by atoms with van der Waals surface area (Å²) in [6, 6.07) is 0. The molecule has 0 saturated carbocycles. The molecule has 7 nitrogen and oxygen atoms in total. The van der Waals surface area contributed by atoms with E-state index in [2.05, 4.69) is 72.6 Å². The van der Waals surface area contributed by atoms with Crippen LogP contribution in [0, 0.1) is 28.1 Å². The quantitative estimate of drug-likeness (QED) is 0.755. The van der Waals surface area contributed by atoms with Gasteiger partial charge in [0.15, 0.2) is 5.44 Å². The number of nitrogens with zero attached hydrogens (tertiary/aromatic N) is 3. The molecule has 2 N–H and O–H groups in total. The molecule has 1 fully saturated rings. The van der Waals surface area contributed by atoms with Crippen molar-refractivity contribution in [3.63, 3.8) is 0 Å². The normalized spacial score (nSPS) is 28.0. The molecule has 0 spiro atoms. The van der Waals surface area contributed by atoms with Crippen LogP contribution in [0.3, 0.4) is 0 Å². The molecular weight excluding hydrogens is 365 g/mol. The lowest BCUT2D eigenvalue weighted by atomic mass is 9.59. The predicted octanol–water partition coefficient (Wildman–Crippen LogP) is 3.22. The molecule has 1 aromatic heterocycles. The molecule has 1 saturated heterocycles. The molecule has 156 valence electrons. The van der Waals surface area contributed by atoms with Crippen LogP contribution in [0.5, 0.6) is 0 Å². The molecule has 0 radical (unpaired) electrons. The molecule has 2 rings (SSSR count). The van der Waals surface area contributed by atoms with Crippen molar-refractivity contribution in [1.29, 1.82) is 0 Å². The maximum absolute atomic E-state index is 11.4. The third-order valence-corrected chi connectivity index (χ3v) is 6.28. The maximum atomic E-state index is 11.4. The summed E-state index contributed by atoms with van der Waals surface area (Å²) < 4.78 is 19.5. The highest BCUT2D eigenvalue weighted by Crippen LogP contribution is 2.55. The lowest BCUT2D eigenvalue weighted by molar-refractivity contribution is -0.0512. The molecule has 0 aromatic carbocycles. The van der Waals surface area contributed by atoms with Crippen molar-refractivity contribution in [2.24, 2.45) is 28.1 Å². The summed E-state index contributed by atoms with van der Waals surface area (Å²) in [6.45, 7) is 20.6. The molecule has 0 bridgehead atoms. The molecule has 0 aliphatic carbocycles. The van der Waals surface area contributed by atoms with Crippen LogP contribution in [0.25, 0.3) is 0 Å². The Morgan fingerprint density at radius 1 is 1.00 bits per heavy atom. The fraction of sp³-hybridized carbons (Fsp3) is 0.895. The van der Waals surface area contributed by atoms with E-state index >= 15 is 0 Å². The first kappa shape index (κ1) is 22.5. The Balaban J connectivity index is 2.42. The molecular formula is C19H36N3O4P. The number of rotatable bonds is 3. The molecule has 8 heteroatoms. The highest BCUT2D eigenvalue weighted by molar-refractivity contribution is 7.59. The van der Waals surface area contributed by atoms with Crippen LogP contribution in [0.4, 0.5) is 0 Å². The SMILES string of the molecule is CC(C)(C)C1[C@H](C(C)(C)C)O[C@H](Cn2cc(P(=O)(O)O)nn2)[C@@H]1C(C)(C)C. The molecule has 1 aromatic rings. The first-order valence-corrected chi connectivity index (χ1v) is 11.2.